The van der Waals surface area contributed by atoms with Crippen molar-refractivity contribution in [3.8, 4) is 16.9 Å². The minimum Gasteiger partial charge on any atom is -0.490 e. The van der Waals surface area contributed by atoms with Gasteiger partial charge in [0.2, 0.25) is 0 Å². The average molecular weight is 351 g/mol. The number of rotatable bonds is 4. The molecule has 0 aliphatic rings. The van der Waals surface area contributed by atoms with Gasteiger partial charge >= 0.3 is 0 Å². The Bertz CT molecular complexity index is 859. The van der Waals surface area contributed by atoms with Gasteiger partial charge in [-0.2, -0.15) is 0 Å². The molecule has 23 heavy (non-hydrogen) atoms. The van der Waals surface area contributed by atoms with E-state index in [1.807, 2.05) is 38.1 Å². The van der Waals surface area contributed by atoms with Crippen molar-refractivity contribution in [3.05, 3.63) is 46.2 Å². The maximum atomic E-state index is 9.24. The van der Waals surface area contributed by atoms with Gasteiger partial charge in [0.1, 0.15) is 18.2 Å². The van der Waals surface area contributed by atoms with Crippen molar-refractivity contribution < 1.29 is 9.84 Å². The van der Waals surface area contributed by atoms with Gasteiger partial charge in [0.15, 0.2) is 0 Å². The molecule has 0 bridgehead atoms. The zero-order valence-corrected chi connectivity index (χ0v) is 14.2. The number of nitrogens with zero attached hydrogens (tertiary/aromatic N) is 1. The van der Waals surface area contributed by atoms with Gasteiger partial charge in [-0.15, -0.1) is 0 Å². The van der Waals surface area contributed by atoms with E-state index in [0.29, 0.717) is 38.2 Å². The lowest BCUT2D eigenvalue weighted by Gasteiger charge is -2.16. The molecule has 2 N–H and O–H groups in total. The van der Waals surface area contributed by atoms with E-state index in [9.17, 15) is 5.11 Å². The Morgan fingerprint density at radius 1 is 1.26 bits per heavy atom. The largest absolute Gasteiger partial charge is 0.490 e. The summed E-state index contributed by atoms with van der Waals surface area (Å²) in [5, 5.41) is 10.2. The highest BCUT2D eigenvalue weighted by atomic mass is 35.5. The van der Waals surface area contributed by atoms with Gasteiger partial charge in [-0.1, -0.05) is 41.4 Å². The first-order chi connectivity index (χ1) is 11.0. The van der Waals surface area contributed by atoms with Gasteiger partial charge in [-0.25, -0.2) is 4.98 Å². The molecular weight excluding hydrogens is 335 g/mol. The van der Waals surface area contributed by atoms with E-state index in [-0.39, 0.29) is 12.7 Å². The normalized spacial score (nSPS) is 11.4. The molecule has 3 rings (SSSR count). The SMILES string of the molecule is CC(C)Oc1ccccc1-c1c(Cl)cc2nc(CO)[nH]c2c1Cl. The number of aliphatic hydroxyl groups is 1. The summed E-state index contributed by atoms with van der Waals surface area (Å²) in [5.74, 6) is 1.16. The van der Waals surface area contributed by atoms with Crippen molar-refractivity contribution in [1.82, 2.24) is 9.97 Å². The molecule has 4 nitrogen and oxygen atoms in total. The van der Waals surface area contributed by atoms with Gasteiger partial charge in [-0.3, -0.25) is 0 Å². The number of hydrogen-bond donors (Lipinski definition) is 2. The summed E-state index contributed by atoms with van der Waals surface area (Å²) < 4.78 is 5.87. The Morgan fingerprint density at radius 2 is 2.00 bits per heavy atom. The third-order valence-electron chi connectivity index (χ3n) is 3.39. The number of fused-ring (bicyclic) bond motifs is 1. The lowest BCUT2D eigenvalue weighted by Crippen LogP contribution is -2.06. The molecule has 0 spiro atoms. The van der Waals surface area contributed by atoms with Crippen LogP contribution in [0.1, 0.15) is 19.7 Å². The van der Waals surface area contributed by atoms with Crippen LogP contribution >= 0.6 is 23.2 Å². The molecule has 1 heterocycles. The van der Waals surface area contributed by atoms with Crippen molar-refractivity contribution in [3.63, 3.8) is 0 Å². The van der Waals surface area contributed by atoms with E-state index >= 15 is 0 Å². The summed E-state index contributed by atoms with van der Waals surface area (Å²) in [7, 11) is 0. The van der Waals surface area contributed by atoms with Crippen molar-refractivity contribution in [2.24, 2.45) is 0 Å². The standard InChI is InChI=1S/C17H16Cl2N2O2/c1-9(2)23-13-6-4-3-5-10(13)15-11(18)7-12-17(16(15)19)21-14(8-22)20-12/h3-7,9,22H,8H2,1-2H3,(H,20,21). The highest BCUT2D eigenvalue weighted by molar-refractivity contribution is 6.42. The third kappa shape index (κ3) is 3.02. The first kappa shape index (κ1) is 16.1. The molecule has 0 saturated carbocycles. The lowest BCUT2D eigenvalue weighted by atomic mass is 10.0. The average Bonchev–Trinajstić information content (AvgIpc) is 2.91. The fourth-order valence-corrected chi connectivity index (χ4v) is 3.18. The van der Waals surface area contributed by atoms with Crippen LogP contribution in [-0.2, 0) is 6.61 Å². The van der Waals surface area contributed by atoms with Crippen molar-refractivity contribution in [1.29, 1.82) is 0 Å². The number of aromatic amines is 1. The summed E-state index contributed by atoms with van der Waals surface area (Å²) in [4.78, 5) is 7.27. The van der Waals surface area contributed by atoms with Gasteiger partial charge < -0.3 is 14.8 Å². The molecule has 0 amide bonds. The van der Waals surface area contributed by atoms with Crippen molar-refractivity contribution >= 4 is 34.2 Å². The summed E-state index contributed by atoms with van der Waals surface area (Å²) in [6.45, 7) is 3.74. The fraction of sp³-hybridized carbons (Fsp3) is 0.235. The number of hydrogen-bond acceptors (Lipinski definition) is 3. The number of aromatic nitrogens is 2. The van der Waals surface area contributed by atoms with Crippen LogP contribution < -0.4 is 4.74 Å². The smallest absolute Gasteiger partial charge is 0.133 e. The van der Waals surface area contributed by atoms with Crippen LogP contribution in [0.4, 0.5) is 0 Å². The van der Waals surface area contributed by atoms with Crippen molar-refractivity contribution in [2.45, 2.75) is 26.6 Å². The predicted molar refractivity (Wildman–Crippen MR) is 93.2 cm³/mol. The molecule has 1 aromatic heterocycles. The Balaban J connectivity index is 2.24. The van der Waals surface area contributed by atoms with Crippen LogP contribution in [0.3, 0.4) is 0 Å². The molecule has 6 heteroatoms. The minimum atomic E-state index is -0.189. The monoisotopic (exact) mass is 350 g/mol. The molecule has 120 valence electrons. The molecule has 0 atom stereocenters. The Kier molecular flexibility index (Phi) is 4.48. The second kappa shape index (κ2) is 6.40. The first-order valence-corrected chi connectivity index (χ1v) is 8.00. The topological polar surface area (TPSA) is 58.1 Å². The maximum absolute atomic E-state index is 9.24. The second-order valence-electron chi connectivity index (χ2n) is 5.45. The first-order valence-electron chi connectivity index (χ1n) is 7.24. The zero-order chi connectivity index (χ0) is 16.6. The molecule has 0 aliphatic carbocycles. The molecule has 0 unspecified atom stereocenters. The Labute approximate surface area is 144 Å². The van der Waals surface area contributed by atoms with Crippen LogP contribution in [0.15, 0.2) is 30.3 Å². The van der Waals surface area contributed by atoms with Crippen LogP contribution in [0.5, 0.6) is 5.75 Å². The summed E-state index contributed by atoms with van der Waals surface area (Å²) in [6.07, 6.45) is 0.0329. The molecule has 0 fully saturated rings. The molecule has 3 aromatic rings. The highest BCUT2D eigenvalue weighted by Crippen LogP contribution is 2.43. The lowest BCUT2D eigenvalue weighted by molar-refractivity contribution is 0.243. The predicted octanol–water partition coefficient (Wildman–Crippen LogP) is 4.82. The molecule has 0 radical (unpaired) electrons. The molecule has 0 saturated heterocycles. The van der Waals surface area contributed by atoms with Gasteiger partial charge in [0.25, 0.3) is 0 Å². The maximum Gasteiger partial charge on any atom is 0.133 e. The van der Waals surface area contributed by atoms with E-state index < -0.39 is 0 Å². The quantitative estimate of drug-likeness (QED) is 0.709. The number of H-pyrrole nitrogens is 1. The molecule has 2 aromatic carbocycles. The number of benzene rings is 2. The van der Waals surface area contributed by atoms with E-state index in [0.717, 1.165) is 5.56 Å². The number of aliphatic hydroxyl groups excluding tert-OH is 1. The minimum absolute atomic E-state index is 0.0329. The Morgan fingerprint density at radius 3 is 2.70 bits per heavy atom. The van der Waals surface area contributed by atoms with E-state index in [1.54, 1.807) is 6.07 Å². The fourth-order valence-electron chi connectivity index (χ4n) is 2.48. The summed E-state index contributed by atoms with van der Waals surface area (Å²) in [6, 6.07) is 9.35. The van der Waals surface area contributed by atoms with E-state index in [1.165, 1.54) is 0 Å². The Hall–Kier alpha value is -1.75. The van der Waals surface area contributed by atoms with Gasteiger partial charge in [0, 0.05) is 11.1 Å². The number of nitrogens with one attached hydrogen (secondary N) is 1. The van der Waals surface area contributed by atoms with Crippen molar-refractivity contribution in [2.75, 3.05) is 0 Å². The van der Waals surface area contributed by atoms with Crippen LogP contribution in [0.25, 0.3) is 22.2 Å². The van der Waals surface area contributed by atoms with Gasteiger partial charge in [-0.05, 0) is 26.0 Å². The van der Waals surface area contributed by atoms with Gasteiger partial charge in [0.05, 0.1) is 27.2 Å². The van der Waals surface area contributed by atoms with E-state index in [2.05, 4.69) is 9.97 Å². The van der Waals surface area contributed by atoms with Crippen LogP contribution in [0, 0.1) is 0 Å². The molecule has 0 aliphatic heterocycles. The van der Waals surface area contributed by atoms with Crippen LogP contribution in [0.2, 0.25) is 10.0 Å². The number of imidazole rings is 1. The van der Waals surface area contributed by atoms with E-state index in [4.69, 9.17) is 27.9 Å². The summed E-state index contributed by atoms with van der Waals surface area (Å²) >= 11 is 13.0. The second-order valence-corrected chi connectivity index (χ2v) is 6.23. The third-order valence-corrected chi connectivity index (χ3v) is 4.07. The number of para-hydroxylation sites is 1. The number of ether oxygens (including phenoxy) is 1. The summed E-state index contributed by atoms with van der Waals surface area (Å²) in [5.41, 5.74) is 2.77. The zero-order valence-electron chi connectivity index (χ0n) is 12.7. The highest BCUT2D eigenvalue weighted by Gasteiger charge is 2.19. The molecular formula is C17H16Cl2N2O2. The number of halogens is 2. The van der Waals surface area contributed by atoms with Crippen LogP contribution in [-0.4, -0.2) is 21.2 Å².